The largest absolute Gasteiger partial charge is 0.376 e. The van der Waals surface area contributed by atoms with Gasteiger partial charge in [-0.05, 0) is 80.7 Å². The molecule has 0 spiro atoms. The molecule has 1 atom stereocenters. The Morgan fingerprint density at radius 1 is 1.06 bits per heavy atom. The maximum atomic E-state index is 13.4. The summed E-state index contributed by atoms with van der Waals surface area (Å²) in [5.74, 6) is 0.464. The van der Waals surface area contributed by atoms with Crippen molar-refractivity contribution in [3.63, 3.8) is 0 Å². The molecule has 0 radical (unpaired) electrons. The number of amides is 1. The molecule has 2 aromatic carbocycles. The summed E-state index contributed by atoms with van der Waals surface area (Å²) >= 11 is 1.34. The summed E-state index contributed by atoms with van der Waals surface area (Å²) in [5, 5.41) is 12.3. The normalized spacial score (nSPS) is 18.3. The van der Waals surface area contributed by atoms with E-state index in [2.05, 4.69) is 32.5 Å². The first-order chi connectivity index (χ1) is 17.1. The molecule has 2 aliphatic rings. The first-order valence-electron chi connectivity index (χ1n) is 12.2. The van der Waals surface area contributed by atoms with Crippen LogP contribution in [-0.2, 0) is 22.6 Å². The topological polar surface area (TPSA) is 72.3 Å². The molecule has 0 bridgehead atoms. The predicted octanol–water partition coefficient (Wildman–Crippen LogP) is 4.59. The number of hydrogen-bond acceptors (Lipinski definition) is 6. The van der Waals surface area contributed by atoms with Crippen molar-refractivity contribution in [2.75, 3.05) is 30.8 Å². The van der Waals surface area contributed by atoms with Gasteiger partial charge in [0.25, 0.3) is 0 Å². The molecule has 7 nitrogen and oxygen atoms in total. The van der Waals surface area contributed by atoms with Crippen LogP contribution in [0.5, 0.6) is 0 Å². The number of hydrogen-bond donors (Lipinski definition) is 1. The molecule has 3 aromatic rings. The Morgan fingerprint density at radius 2 is 1.83 bits per heavy atom. The number of halogens is 1. The minimum Gasteiger partial charge on any atom is -0.376 e. The first kappa shape index (κ1) is 24.0. The summed E-state index contributed by atoms with van der Waals surface area (Å²) in [5.41, 5.74) is 2.82. The molecule has 0 unspecified atom stereocenters. The molecular formula is C26H30FN5O2S. The number of thioether (sulfide) groups is 1. The molecule has 1 aromatic heterocycles. The SMILES string of the molecule is O=C(CSc1nnc(-c2ccc(F)cc2)n1C[C@@H]1CCCO1)Nc1ccc(CN2CCCC2)cc1. The lowest BCUT2D eigenvalue weighted by atomic mass is 10.2. The molecule has 9 heteroatoms. The minimum absolute atomic E-state index is 0.0810. The van der Waals surface area contributed by atoms with Crippen LogP contribution in [-0.4, -0.2) is 57.1 Å². The van der Waals surface area contributed by atoms with Crippen LogP contribution in [0.15, 0.2) is 53.7 Å². The van der Waals surface area contributed by atoms with Crippen LogP contribution >= 0.6 is 11.8 Å². The standard InChI is InChI=1S/C26H30FN5O2S/c27-21-9-7-20(8-10-21)25-29-30-26(32(25)17-23-4-3-15-34-23)35-18-24(33)28-22-11-5-19(6-12-22)16-31-13-1-2-14-31/h5-12,23H,1-4,13-18H2,(H,28,33)/t23-/m0/s1. The van der Waals surface area contributed by atoms with Crippen molar-refractivity contribution < 1.29 is 13.9 Å². The van der Waals surface area contributed by atoms with E-state index in [1.807, 2.05) is 16.7 Å². The summed E-state index contributed by atoms with van der Waals surface area (Å²) in [6.45, 7) is 4.63. The quantitative estimate of drug-likeness (QED) is 0.438. The summed E-state index contributed by atoms with van der Waals surface area (Å²) in [7, 11) is 0. The smallest absolute Gasteiger partial charge is 0.234 e. The van der Waals surface area contributed by atoms with E-state index in [1.54, 1.807) is 12.1 Å². The van der Waals surface area contributed by atoms with Gasteiger partial charge in [-0.2, -0.15) is 0 Å². The fourth-order valence-corrected chi connectivity index (χ4v) is 5.33. The molecule has 5 rings (SSSR count). The molecule has 2 fully saturated rings. The number of anilines is 1. The Bertz CT molecular complexity index is 1120. The predicted molar refractivity (Wildman–Crippen MR) is 135 cm³/mol. The van der Waals surface area contributed by atoms with Crippen LogP contribution < -0.4 is 5.32 Å². The van der Waals surface area contributed by atoms with Gasteiger partial charge < -0.3 is 10.1 Å². The van der Waals surface area contributed by atoms with Crippen LogP contribution in [0.4, 0.5) is 10.1 Å². The third-order valence-corrected chi connectivity index (χ3v) is 7.37. The summed E-state index contributed by atoms with van der Waals surface area (Å²) in [6.07, 6.45) is 4.63. The number of aromatic nitrogens is 3. The molecule has 1 N–H and O–H groups in total. The van der Waals surface area contributed by atoms with Gasteiger partial charge >= 0.3 is 0 Å². The highest BCUT2D eigenvalue weighted by atomic mass is 32.2. The van der Waals surface area contributed by atoms with Crippen molar-refractivity contribution in [1.82, 2.24) is 19.7 Å². The van der Waals surface area contributed by atoms with Crippen LogP contribution in [0.1, 0.15) is 31.2 Å². The molecule has 3 heterocycles. The number of carbonyl (C=O) groups excluding carboxylic acids is 1. The van der Waals surface area contributed by atoms with Gasteiger partial charge in [0.2, 0.25) is 5.91 Å². The summed E-state index contributed by atoms with van der Waals surface area (Å²) < 4.78 is 21.2. The van der Waals surface area contributed by atoms with Gasteiger partial charge in [0.15, 0.2) is 11.0 Å². The fourth-order valence-electron chi connectivity index (χ4n) is 4.58. The van der Waals surface area contributed by atoms with Crippen LogP contribution in [0.3, 0.4) is 0 Å². The van der Waals surface area contributed by atoms with Crippen molar-refractivity contribution in [2.24, 2.45) is 0 Å². The van der Waals surface area contributed by atoms with Gasteiger partial charge in [-0.25, -0.2) is 4.39 Å². The van der Waals surface area contributed by atoms with Gasteiger partial charge in [0.05, 0.1) is 18.4 Å². The average Bonchev–Trinajstić information content (AvgIpc) is 3.63. The molecule has 35 heavy (non-hydrogen) atoms. The fraction of sp³-hybridized carbons (Fsp3) is 0.423. The molecule has 0 saturated carbocycles. The van der Waals surface area contributed by atoms with Crippen molar-refractivity contribution in [2.45, 2.75) is 50.0 Å². The third kappa shape index (κ3) is 6.28. The van der Waals surface area contributed by atoms with E-state index in [4.69, 9.17) is 4.74 Å². The number of carbonyl (C=O) groups is 1. The number of nitrogens with zero attached hydrogens (tertiary/aromatic N) is 4. The average molecular weight is 496 g/mol. The van der Waals surface area contributed by atoms with Crippen molar-refractivity contribution in [1.29, 1.82) is 0 Å². The molecule has 2 saturated heterocycles. The minimum atomic E-state index is -0.297. The van der Waals surface area contributed by atoms with Gasteiger partial charge in [0.1, 0.15) is 5.82 Å². The van der Waals surface area contributed by atoms with E-state index < -0.39 is 0 Å². The van der Waals surface area contributed by atoms with Gasteiger partial charge in [0, 0.05) is 24.4 Å². The zero-order valence-electron chi connectivity index (χ0n) is 19.7. The van der Waals surface area contributed by atoms with E-state index in [9.17, 15) is 9.18 Å². The van der Waals surface area contributed by atoms with E-state index in [0.717, 1.165) is 50.3 Å². The van der Waals surface area contributed by atoms with Crippen LogP contribution in [0.25, 0.3) is 11.4 Å². The van der Waals surface area contributed by atoms with E-state index in [-0.39, 0.29) is 23.6 Å². The Kier molecular flexibility index (Phi) is 7.75. The van der Waals surface area contributed by atoms with Gasteiger partial charge in [-0.1, -0.05) is 23.9 Å². The van der Waals surface area contributed by atoms with Gasteiger partial charge in [-0.15, -0.1) is 10.2 Å². The lowest BCUT2D eigenvalue weighted by Gasteiger charge is -2.15. The number of benzene rings is 2. The zero-order chi connectivity index (χ0) is 24.0. The molecule has 184 valence electrons. The molecular weight excluding hydrogens is 465 g/mol. The summed E-state index contributed by atoms with van der Waals surface area (Å²) in [4.78, 5) is 15.1. The third-order valence-electron chi connectivity index (χ3n) is 6.40. The maximum Gasteiger partial charge on any atom is 0.234 e. The lowest BCUT2D eigenvalue weighted by molar-refractivity contribution is -0.113. The van der Waals surface area contributed by atoms with Crippen LogP contribution in [0, 0.1) is 5.82 Å². The Balaban J connectivity index is 1.22. The van der Waals surface area contributed by atoms with Crippen molar-refractivity contribution in [3.05, 3.63) is 59.9 Å². The molecule has 2 aliphatic heterocycles. The Morgan fingerprint density at radius 3 is 2.54 bits per heavy atom. The maximum absolute atomic E-state index is 13.4. The second kappa shape index (κ2) is 11.3. The Labute approximate surface area is 209 Å². The second-order valence-electron chi connectivity index (χ2n) is 9.08. The first-order valence-corrected chi connectivity index (χ1v) is 13.2. The highest BCUT2D eigenvalue weighted by Crippen LogP contribution is 2.27. The number of likely N-dealkylation sites (tertiary alicyclic amines) is 1. The van der Waals surface area contributed by atoms with Crippen molar-refractivity contribution >= 4 is 23.4 Å². The number of rotatable bonds is 9. The van der Waals surface area contributed by atoms with Crippen LogP contribution in [0.2, 0.25) is 0 Å². The second-order valence-corrected chi connectivity index (χ2v) is 10.0. The van der Waals surface area contributed by atoms with Crippen molar-refractivity contribution in [3.8, 4) is 11.4 Å². The molecule has 1 amide bonds. The number of ether oxygens (including phenoxy) is 1. The highest BCUT2D eigenvalue weighted by Gasteiger charge is 2.22. The van der Waals surface area contributed by atoms with E-state index >= 15 is 0 Å². The summed E-state index contributed by atoms with van der Waals surface area (Å²) in [6, 6.07) is 14.3. The van der Waals surface area contributed by atoms with E-state index in [0.29, 0.717) is 17.5 Å². The van der Waals surface area contributed by atoms with E-state index in [1.165, 1.54) is 42.3 Å². The zero-order valence-corrected chi connectivity index (χ0v) is 20.5. The monoisotopic (exact) mass is 495 g/mol. The number of nitrogens with one attached hydrogen (secondary N) is 1. The van der Waals surface area contributed by atoms with Gasteiger partial charge in [-0.3, -0.25) is 14.3 Å². The highest BCUT2D eigenvalue weighted by molar-refractivity contribution is 7.99. The lowest BCUT2D eigenvalue weighted by Crippen LogP contribution is -2.19. The Hall–Kier alpha value is -2.75. The molecule has 0 aliphatic carbocycles.